The molecule has 5 heteroatoms. The van der Waals surface area contributed by atoms with E-state index in [1.54, 1.807) is 0 Å². The van der Waals surface area contributed by atoms with Gasteiger partial charge in [0.1, 0.15) is 5.75 Å². The van der Waals surface area contributed by atoms with Crippen molar-refractivity contribution in [2.75, 3.05) is 0 Å². The standard InChI is InChI=1S/C9H7NO3S/c10-4-5-1-6(3-8(11)12)9(13)7(14)2-5/h1-2,13-14H,3H2,(H,11,12). The Labute approximate surface area is 85.8 Å². The third kappa shape index (κ3) is 2.18. The Kier molecular flexibility index (Phi) is 2.99. The molecule has 0 heterocycles. The average Bonchev–Trinajstić information content (AvgIpc) is 2.11. The summed E-state index contributed by atoms with van der Waals surface area (Å²) in [6, 6.07) is 4.57. The third-order valence-corrected chi connectivity index (χ3v) is 1.98. The van der Waals surface area contributed by atoms with Crippen molar-refractivity contribution in [1.82, 2.24) is 0 Å². The Balaban J connectivity index is 3.21. The Morgan fingerprint density at radius 2 is 2.21 bits per heavy atom. The molecule has 1 rings (SSSR count). The van der Waals surface area contributed by atoms with Crippen LogP contribution in [0, 0.1) is 11.3 Å². The van der Waals surface area contributed by atoms with Crippen LogP contribution in [0.2, 0.25) is 0 Å². The predicted molar refractivity (Wildman–Crippen MR) is 51.4 cm³/mol. The van der Waals surface area contributed by atoms with Crippen molar-refractivity contribution in [2.24, 2.45) is 0 Å². The van der Waals surface area contributed by atoms with Crippen molar-refractivity contribution >= 4 is 18.6 Å². The van der Waals surface area contributed by atoms with Crippen molar-refractivity contribution < 1.29 is 15.0 Å². The first-order valence-corrected chi connectivity index (χ1v) is 4.16. The van der Waals surface area contributed by atoms with Crippen LogP contribution in [0.1, 0.15) is 11.1 Å². The van der Waals surface area contributed by atoms with Gasteiger partial charge in [0.15, 0.2) is 0 Å². The van der Waals surface area contributed by atoms with Gasteiger partial charge in [0, 0.05) is 10.5 Å². The number of phenolic OH excluding ortho intramolecular Hbond substituents is 1. The van der Waals surface area contributed by atoms with E-state index >= 15 is 0 Å². The molecule has 0 atom stereocenters. The molecule has 0 unspecified atom stereocenters. The van der Waals surface area contributed by atoms with E-state index in [4.69, 9.17) is 10.4 Å². The van der Waals surface area contributed by atoms with Gasteiger partial charge in [-0.1, -0.05) is 0 Å². The number of benzene rings is 1. The van der Waals surface area contributed by atoms with E-state index in [2.05, 4.69) is 12.6 Å². The van der Waals surface area contributed by atoms with Gasteiger partial charge in [0.25, 0.3) is 0 Å². The summed E-state index contributed by atoms with van der Waals surface area (Å²) in [4.78, 5) is 10.6. The Morgan fingerprint density at radius 1 is 1.57 bits per heavy atom. The molecule has 0 radical (unpaired) electrons. The van der Waals surface area contributed by atoms with Gasteiger partial charge in [-0.05, 0) is 12.1 Å². The van der Waals surface area contributed by atoms with Crippen LogP contribution < -0.4 is 0 Å². The number of nitrogens with zero attached hydrogens (tertiary/aromatic N) is 1. The van der Waals surface area contributed by atoms with Gasteiger partial charge in [0.2, 0.25) is 0 Å². The number of nitriles is 1. The fraction of sp³-hybridized carbons (Fsp3) is 0.111. The van der Waals surface area contributed by atoms with Gasteiger partial charge < -0.3 is 10.2 Å². The summed E-state index contributed by atoms with van der Waals surface area (Å²) in [6.07, 6.45) is -0.324. The van der Waals surface area contributed by atoms with Gasteiger partial charge in [-0.2, -0.15) is 5.26 Å². The molecule has 4 nitrogen and oxygen atoms in total. The molecule has 0 bridgehead atoms. The molecule has 0 aliphatic rings. The molecule has 0 amide bonds. The molecule has 0 fully saturated rings. The van der Waals surface area contributed by atoms with Crippen molar-refractivity contribution in [2.45, 2.75) is 11.3 Å². The quantitative estimate of drug-likeness (QED) is 0.639. The number of hydrogen-bond donors (Lipinski definition) is 3. The van der Waals surface area contributed by atoms with E-state index in [0.29, 0.717) is 0 Å². The molecule has 0 aliphatic carbocycles. The molecular weight excluding hydrogens is 202 g/mol. The predicted octanol–water partition coefficient (Wildman–Crippen LogP) is 1.18. The van der Waals surface area contributed by atoms with Crippen molar-refractivity contribution in [3.8, 4) is 11.8 Å². The van der Waals surface area contributed by atoms with Gasteiger partial charge in [-0.15, -0.1) is 12.6 Å². The molecule has 72 valence electrons. The Hall–Kier alpha value is -1.67. The van der Waals surface area contributed by atoms with Crippen molar-refractivity contribution in [3.05, 3.63) is 23.3 Å². The number of thiol groups is 1. The Bertz CT molecular complexity index is 423. The van der Waals surface area contributed by atoms with Gasteiger partial charge >= 0.3 is 5.97 Å². The van der Waals surface area contributed by atoms with E-state index in [1.807, 2.05) is 6.07 Å². The second-order valence-corrected chi connectivity index (χ2v) is 3.17. The fourth-order valence-corrected chi connectivity index (χ4v) is 1.32. The molecule has 14 heavy (non-hydrogen) atoms. The van der Waals surface area contributed by atoms with Crippen LogP contribution in [0.5, 0.6) is 5.75 Å². The lowest BCUT2D eigenvalue weighted by Gasteiger charge is -2.04. The highest BCUT2D eigenvalue weighted by Crippen LogP contribution is 2.27. The smallest absolute Gasteiger partial charge is 0.307 e. The molecule has 0 saturated heterocycles. The van der Waals surface area contributed by atoms with E-state index in [-0.39, 0.29) is 28.2 Å². The highest BCUT2D eigenvalue weighted by molar-refractivity contribution is 7.80. The molecule has 0 aromatic heterocycles. The monoisotopic (exact) mass is 209 g/mol. The average molecular weight is 209 g/mol. The van der Waals surface area contributed by atoms with Crippen LogP contribution in [0.25, 0.3) is 0 Å². The SMILES string of the molecule is N#Cc1cc(S)c(O)c(CC(=O)O)c1. The highest BCUT2D eigenvalue weighted by atomic mass is 32.1. The number of phenols is 1. The van der Waals surface area contributed by atoms with Crippen LogP contribution in [-0.4, -0.2) is 16.2 Å². The molecule has 0 aliphatic heterocycles. The number of aromatic hydroxyl groups is 1. The second kappa shape index (κ2) is 4.03. The second-order valence-electron chi connectivity index (χ2n) is 2.69. The zero-order chi connectivity index (χ0) is 10.7. The minimum atomic E-state index is -1.07. The summed E-state index contributed by atoms with van der Waals surface area (Å²) >= 11 is 3.92. The van der Waals surface area contributed by atoms with Crippen LogP contribution in [0.4, 0.5) is 0 Å². The number of hydrogen-bond acceptors (Lipinski definition) is 4. The van der Waals surface area contributed by atoms with Crippen molar-refractivity contribution in [1.29, 1.82) is 5.26 Å². The summed E-state index contributed by atoms with van der Waals surface area (Å²) in [5, 5.41) is 26.5. The summed E-state index contributed by atoms with van der Waals surface area (Å²) in [7, 11) is 0. The minimum absolute atomic E-state index is 0.185. The minimum Gasteiger partial charge on any atom is -0.506 e. The zero-order valence-electron chi connectivity index (χ0n) is 7.06. The maximum Gasteiger partial charge on any atom is 0.307 e. The molecule has 1 aromatic rings. The number of aliphatic carboxylic acids is 1. The first kappa shape index (κ1) is 10.4. The number of carboxylic acid groups (broad SMARTS) is 1. The van der Waals surface area contributed by atoms with Crippen molar-refractivity contribution in [3.63, 3.8) is 0 Å². The number of carboxylic acids is 1. The summed E-state index contributed by atoms with van der Waals surface area (Å²) in [5.74, 6) is -1.25. The Morgan fingerprint density at radius 3 is 2.71 bits per heavy atom. The lowest BCUT2D eigenvalue weighted by Crippen LogP contribution is -2.01. The first-order valence-electron chi connectivity index (χ1n) is 3.71. The van der Waals surface area contributed by atoms with Crippen LogP contribution in [0.15, 0.2) is 17.0 Å². The zero-order valence-corrected chi connectivity index (χ0v) is 7.95. The maximum absolute atomic E-state index is 10.4. The van der Waals surface area contributed by atoms with Gasteiger partial charge in [-0.25, -0.2) is 0 Å². The summed E-state index contributed by atoms with van der Waals surface area (Å²) in [5.41, 5.74) is 0.477. The van der Waals surface area contributed by atoms with Crippen LogP contribution in [0.3, 0.4) is 0 Å². The fourth-order valence-electron chi connectivity index (χ4n) is 1.04. The van der Waals surface area contributed by atoms with E-state index in [1.165, 1.54) is 12.1 Å². The van der Waals surface area contributed by atoms with Gasteiger partial charge in [0.05, 0.1) is 18.1 Å². The van der Waals surface area contributed by atoms with E-state index in [0.717, 1.165) is 0 Å². The number of carbonyl (C=O) groups is 1. The van der Waals surface area contributed by atoms with E-state index < -0.39 is 5.97 Å². The lowest BCUT2D eigenvalue weighted by atomic mass is 10.1. The largest absolute Gasteiger partial charge is 0.506 e. The lowest BCUT2D eigenvalue weighted by molar-refractivity contribution is -0.136. The first-order chi connectivity index (χ1) is 6.54. The molecule has 0 saturated carbocycles. The molecule has 2 N–H and O–H groups in total. The molecule has 0 spiro atoms. The van der Waals surface area contributed by atoms with Crippen LogP contribution >= 0.6 is 12.6 Å². The van der Waals surface area contributed by atoms with E-state index in [9.17, 15) is 9.90 Å². The topological polar surface area (TPSA) is 81.3 Å². The summed E-state index contributed by atoms with van der Waals surface area (Å²) in [6.45, 7) is 0. The normalized spacial score (nSPS) is 9.43. The van der Waals surface area contributed by atoms with Crippen LogP contribution in [-0.2, 0) is 11.2 Å². The third-order valence-electron chi connectivity index (χ3n) is 1.64. The molecular formula is C9H7NO3S. The van der Waals surface area contributed by atoms with Gasteiger partial charge in [-0.3, -0.25) is 4.79 Å². The highest BCUT2D eigenvalue weighted by Gasteiger charge is 2.10. The molecule has 1 aromatic carbocycles. The summed E-state index contributed by atoms with van der Waals surface area (Å²) < 4.78 is 0. The number of rotatable bonds is 2. The maximum atomic E-state index is 10.4.